The molecule has 0 radical (unpaired) electrons. The lowest BCUT2D eigenvalue weighted by atomic mass is 10.3. The van der Waals surface area contributed by atoms with Crippen molar-refractivity contribution >= 4 is 7.82 Å². The molecule has 0 aliphatic rings. The number of hydrogen-bond donors (Lipinski definition) is 3. The summed E-state index contributed by atoms with van der Waals surface area (Å²) in [6.07, 6.45) is 0. The first-order valence-corrected chi connectivity index (χ1v) is 5.74. The number of nitrogens with zero attached hydrogens (tertiary/aromatic N) is 2. The quantitative estimate of drug-likeness (QED) is 0.554. The highest BCUT2D eigenvalue weighted by molar-refractivity contribution is 7.45. The Morgan fingerprint density at radius 1 is 0.812 bits per heavy atom. The molecule has 5 N–H and O–H groups in total. The number of aromatic nitrogens is 2. The molecule has 0 fully saturated rings. The van der Waals surface area contributed by atoms with Crippen LogP contribution in [-0.4, -0.2) is 30.1 Å². The molecule has 0 aliphatic heterocycles. The Morgan fingerprint density at radius 2 is 0.938 bits per heavy atom. The predicted octanol–water partition coefficient (Wildman–Crippen LogP) is -0.0430. The Kier molecular flexibility index (Phi) is 7.32. The molecule has 1 aromatic rings. The maximum atomic E-state index is 8.88. The molecule has 0 aliphatic carbocycles. The molecule has 0 saturated heterocycles. The average molecular weight is 252 g/mol. The van der Waals surface area contributed by atoms with Crippen LogP contribution in [0.5, 0.6) is 0 Å². The third-order valence-corrected chi connectivity index (χ3v) is 1.72. The van der Waals surface area contributed by atoms with Gasteiger partial charge in [-0.15, -0.1) is 0 Å². The second-order valence-corrected chi connectivity index (χ2v) is 4.11. The topological polar surface area (TPSA) is 135 Å². The lowest BCUT2D eigenvalue weighted by Gasteiger charge is -2.01. The van der Waals surface area contributed by atoms with Crippen molar-refractivity contribution in [1.29, 1.82) is 0 Å². The monoisotopic (exact) mass is 252 g/mol. The Bertz CT molecular complexity index is 332. The molecule has 8 heteroatoms. The third-order valence-electron chi connectivity index (χ3n) is 1.72. The SMILES string of the molecule is Cc1nc(C)c(C)nc1C.O.O=P(O)(O)O. The van der Waals surface area contributed by atoms with Crippen LogP contribution in [0.3, 0.4) is 0 Å². The van der Waals surface area contributed by atoms with Crippen molar-refractivity contribution in [2.75, 3.05) is 0 Å². The van der Waals surface area contributed by atoms with Gasteiger partial charge in [0.1, 0.15) is 0 Å². The lowest BCUT2D eigenvalue weighted by molar-refractivity contribution is 0.275. The van der Waals surface area contributed by atoms with Gasteiger partial charge in [0.25, 0.3) is 0 Å². The number of rotatable bonds is 0. The molecule has 0 atom stereocenters. The Labute approximate surface area is 93.7 Å². The molecule has 1 heterocycles. The molecular formula is C8H17N2O5P. The fourth-order valence-corrected chi connectivity index (χ4v) is 0.827. The van der Waals surface area contributed by atoms with Crippen molar-refractivity contribution in [3.63, 3.8) is 0 Å². The molecule has 0 amide bonds. The second-order valence-electron chi connectivity index (χ2n) is 3.08. The summed E-state index contributed by atoms with van der Waals surface area (Å²) in [5, 5.41) is 0. The van der Waals surface area contributed by atoms with Crippen molar-refractivity contribution in [2.24, 2.45) is 0 Å². The molecule has 94 valence electrons. The molecule has 16 heavy (non-hydrogen) atoms. The fraction of sp³-hybridized carbons (Fsp3) is 0.500. The van der Waals surface area contributed by atoms with E-state index in [1.807, 2.05) is 27.7 Å². The number of phosphoric acid groups is 1. The van der Waals surface area contributed by atoms with Gasteiger partial charge in [0.05, 0.1) is 22.8 Å². The zero-order valence-electron chi connectivity index (χ0n) is 9.59. The van der Waals surface area contributed by atoms with Gasteiger partial charge in [-0.25, -0.2) is 4.57 Å². The fourth-order valence-electron chi connectivity index (χ4n) is 0.827. The molecule has 1 rings (SSSR count). The molecule has 7 nitrogen and oxygen atoms in total. The molecule has 0 spiro atoms. The summed E-state index contributed by atoms with van der Waals surface area (Å²) in [7, 11) is -4.64. The van der Waals surface area contributed by atoms with Gasteiger partial charge in [-0.05, 0) is 27.7 Å². The van der Waals surface area contributed by atoms with Crippen LogP contribution >= 0.6 is 7.82 Å². The minimum absolute atomic E-state index is 0. The smallest absolute Gasteiger partial charge is 0.412 e. The largest absolute Gasteiger partial charge is 0.466 e. The highest BCUT2D eigenvalue weighted by Crippen LogP contribution is 2.25. The van der Waals surface area contributed by atoms with Gasteiger partial charge in [0, 0.05) is 0 Å². The summed E-state index contributed by atoms with van der Waals surface area (Å²) < 4.78 is 8.88. The van der Waals surface area contributed by atoms with Gasteiger partial charge >= 0.3 is 7.82 Å². The maximum absolute atomic E-state index is 8.88. The number of hydrogen-bond acceptors (Lipinski definition) is 3. The van der Waals surface area contributed by atoms with Crippen LogP contribution in [0.2, 0.25) is 0 Å². The van der Waals surface area contributed by atoms with E-state index < -0.39 is 7.82 Å². The van der Waals surface area contributed by atoms with E-state index in [1.165, 1.54) is 0 Å². The zero-order chi connectivity index (χ0) is 12.2. The van der Waals surface area contributed by atoms with E-state index in [2.05, 4.69) is 9.97 Å². The third kappa shape index (κ3) is 8.46. The minimum atomic E-state index is -4.64. The van der Waals surface area contributed by atoms with E-state index in [0.29, 0.717) is 0 Å². The molecule has 0 aromatic carbocycles. The standard InChI is InChI=1S/C8H12N2.H3O4P.H2O/c1-5-6(2)10-8(4)7(3)9-5;1-5(2,3)4;/h1-4H3;(H3,1,2,3,4);1H2. The van der Waals surface area contributed by atoms with E-state index >= 15 is 0 Å². The van der Waals surface area contributed by atoms with E-state index in [9.17, 15) is 0 Å². The van der Waals surface area contributed by atoms with Gasteiger partial charge in [0.15, 0.2) is 0 Å². The lowest BCUT2D eigenvalue weighted by Crippen LogP contribution is -1.97. The highest BCUT2D eigenvalue weighted by Gasteiger charge is 2.00. The summed E-state index contributed by atoms with van der Waals surface area (Å²) in [5.74, 6) is 0. The van der Waals surface area contributed by atoms with Crippen LogP contribution in [0, 0.1) is 27.7 Å². The first-order valence-electron chi connectivity index (χ1n) is 4.18. The average Bonchev–Trinajstić information content (AvgIpc) is 1.98. The summed E-state index contributed by atoms with van der Waals surface area (Å²) in [6, 6.07) is 0. The van der Waals surface area contributed by atoms with E-state index in [1.54, 1.807) is 0 Å². The first kappa shape index (κ1) is 17.5. The van der Waals surface area contributed by atoms with Crippen molar-refractivity contribution in [3.8, 4) is 0 Å². The summed E-state index contributed by atoms with van der Waals surface area (Å²) in [5.41, 5.74) is 4.12. The molecule has 0 unspecified atom stereocenters. The van der Waals surface area contributed by atoms with E-state index in [-0.39, 0.29) is 5.48 Å². The molecule has 1 aromatic heterocycles. The van der Waals surface area contributed by atoms with Crippen LogP contribution in [0.1, 0.15) is 22.8 Å². The van der Waals surface area contributed by atoms with Crippen LogP contribution < -0.4 is 0 Å². The minimum Gasteiger partial charge on any atom is -0.412 e. The van der Waals surface area contributed by atoms with E-state index in [4.69, 9.17) is 19.2 Å². The Morgan fingerprint density at radius 3 is 1.06 bits per heavy atom. The van der Waals surface area contributed by atoms with Gasteiger partial charge in [0.2, 0.25) is 0 Å². The summed E-state index contributed by atoms with van der Waals surface area (Å²) >= 11 is 0. The van der Waals surface area contributed by atoms with Crippen molar-refractivity contribution < 1.29 is 24.7 Å². The van der Waals surface area contributed by atoms with Gasteiger partial charge in [-0.3, -0.25) is 9.97 Å². The first-order chi connectivity index (χ1) is 6.61. The van der Waals surface area contributed by atoms with Crippen LogP contribution in [0.15, 0.2) is 0 Å². The maximum Gasteiger partial charge on any atom is 0.466 e. The summed E-state index contributed by atoms with van der Waals surface area (Å²) in [6.45, 7) is 7.92. The molecular weight excluding hydrogens is 235 g/mol. The second kappa shape index (κ2) is 6.67. The normalized spacial score (nSPS) is 9.94. The van der Waals surface area contributed by atoms with Crippen LogP contribution in [0.25, 0.3) is 0 Å². The summed E-state index contributed by atoms with van der Waals surface area (Å²) in [4.78, 5) is 30.2. The van der Waals surface area contributed by atoms with Crippen LogP contribution in [0.4, 0.5) is 0 Å². The zero-order valence-corrected chi connectivity index (χ0v) is 10.5. The Balaban J connectivity index is 0. The highest BCUT2D eigenvalue weighted by atomic mass is 31.2. The van der Waals surface area contributed by atoms with E-state index in [0.717, 1.165) is 22.8 Å². The van der Waals surface area contributed by atoms with Crippen molar-refractivity contribution in [2.45, 2.75) is 27.7 Å². The van der Waals surface area contributed by atoms with Gasteiger partial charge < -0.3 is 20.2 Å². The molecule has 0 bridgehead atoms. The van der Waals surface area contributed by atoms with Gasteiger partial charge in [-0.2, -0.15) is 0 Å². The molecule has 0 saturated carbocycles. The Hall–Kier alpha value is -0.850. The van der Waals surface area contributed by atoms with Crippen LogP contribution in [-0.2, 0) is 4.57 Å². The van der Waals surface area contributed by atoms with Crippen molar-refractivity contribution in [3.05, 3.63) is 22.8 Å². The van der Waals surface area contributed by atoms with Gasteiger partial charge in [-0.1, -0.05) is 0 Å². The van der Waals surface area contributed by atoms with Crippen molar-refractivity contribution in [1.82, 2.24) is 9.97 Å². The number of aryl methyl sites for hydroxylation is 4. The predicted molar refractivity (Wildman–Crippen MR) is 58.9 cm³/mol.